The smallest absolute Gasteiger partial charge is 0.284 e. The summed E-state index contributed by atoms with van der Waals surface area (Å²) in [6, 6.07) is 11.1. The van der Waals surface area contributed by atoms with E-state index in [0.29, 0.717) is 11.5 Å². The van der Waals surface area contributed by atoms with Crippen LogP contribution in [0.4, 0.5) is 0 Å². The van der Waals surface area contributed by atoms with Gasteiger partial charge in [0.25, 0.3) is 5.91 Å². The minimum atomic E-state index is -0.820. The van der Waals surface area contributed by atoms with Crippen molar-refractivity contribution in [3.63, 3.8) is 0 Å². The Morgan fingerprint density at radius 3 is 2.83 bits per heavy atom. The molecule has 0 aromatic heterocycles. The van der Waals surface area contributed by atoms with Crippen LogP contribution in [0.15, 0.2) is 47.6 Å². The molecule has 23 heavy (non-hydrogen) atoms. The third-order valence-corrected chi connectivity index (χ3v) is 3.19. The van der Waals surface area contributed by atoms with Gasteiger partial charge in [0.1, 0.15) is 18.1 Å². The van der Waals surface area contributed by atoms with Crippen LogP contribution in [0, 0.1) is 0 Å². The second-order valence-corrected chi connectivity index (χ2v) is 4.84. The van der Waals surface area contributed by atoms with E-state index in [1.165, 1.54) is 24.4 Å². The third kappa shape index (κ3) is 3.34. The van der Waals surface area contributed by atoms with Gasteiger partial charge in [-0.1, -0.05) is 12.1 Å². The Hall–Kier alpha value is -3.22. The maximum absolute atomic E-state index is 12.0. The lowest BCUT2D eigenvalue weighted by atomic mass is 10.2. The van der Waals surface area contributed by atoms with Crippen LogP contribution in [0.25, 0.3) is 0 Å². The van der Waals surface area contributed by atoms with Crippen LogP contribution in [0.1, 0.15) is 5.56 Å². The number of amides is 1. The standard InChI is InChI=1S/C16H14N2O5/c19-11-5-6-12(20)10(7-11)8-17-18-16(21)15-9-22-13-3-1-2-4-14(13)23-15/h1-8,15,19-20H,9H2,(H,18,21)/b17-8-. The summed E-state index contributed by atoms with van der Waals surface area (Å²) in [5.74, 6) is 0.525. The molecule has 0 bridgehead atoms. The molecule has 3 N–H and O–H groups in total. The second kappa shape index (κ2) is 6.27. The first-order valence-corrected chi connectivity index (χ1v) is 6.87. The average Bonchev–Trinajstić information content (AvgIpc) is 2.57. The maximum Gasteiger partial charge on any atom is 0.284 e. The van der Waals surface area contributed by atoms with Crippen molar-refractivity contribution in [2.75, 3.05) is 6.61 Å². The molecular weight excluding hydrogens is 300 g/mol. The highest BCUT2D eigenvalue weighted by atomic mass is 16.6. The number of hydrogen-bond donors (Lipinski definition) is 3. The number of carbonyl (C=O) groups is 1. The molecule has 1 atom stereocenters. The largest absolute Gasteiger partial charge is 0.508 e. The number of nitrogens with zero attached hydrogens (tertiary/aromatic N) is 1. The molecule has 7 heteroatoms. The molecule has 1 unspecified atom stereocenters. The van der Waals surface area contributed by atoms with Crippen LogP contribution in [0.5, 0.6) is 23.0 Å². The van der Waals surface area contributed by atoms with Gasteiger partial charge in [-0.15, -0.1) is 0 Å². The lowest BCUT2D eigenvalue weighted by Gasteiger charge is -2.24. The van der Waals surface area contributed by atoms with Crippen LogP contribution in [-0.4, -0.2) is 35.0 Å². The number of rotatable bonds is 3. The fraction of sp³-hybridized carbons (Fsp3) is 0.125. The van der Waals surface area contributed by atoms with E-state index in [-0.39, 0.29) is 23.7 Å². The van der Waals surface area contributed by atoms with Crippen molar-refractivity contribution in [3.05, 3.63) is 48.0 Å². The highest BCUT2D eigenvalue weighted by Crippen LogP contribution is 2.30. The summed E-state index contributed by atoms with van der Waals surface area (Å²) in [5, 5.41) is 22.7. The Balaban J connectivity index is 1.62. The lowest BCUT2D eigenvalue weighted by molar-refractivity contribution is -0.130. The quantitative estimate of drug-likeness (QED) is 0.451. The van der Waals surface area contributed by atoms with Gasteiger partial charge in [-0.3, -0.25) is 4.79 Å². The van der Waals surface area contributed by atoms with Gasteiger partial charge in [0.15, 0.2) is 11.5 Å². The summed E-state index contributed by atoms with van der Waals surface area (Å²) in [7, 11) is 0. The van der Waals surface area contributed by atoms with E-state index in [9.17, 15) is 15.0 Å². The van der Waals surface area contributed by atoms with Crippen LogP contribution in [0.3, 0.4) is 0 Å². The van der Waals surface area contributed by atoms with E-state index in [0.717, 1.165) is 0 Å². The molecule has 0 aliphatic carbocycles. The maximum atomic E-state index is 12.0. The summed E-state index contributed by atoms with van der Waals surface area (Å²) in [5.41, 5.74) is 2.59. The van der Waals surface area contributed by atoms with Crippen LogP contribution >= 0.6 is 0 Å². The van der Waals surface area contributed by atoms with Crippen molar-refractivity contribution >= 4 is 12.1 Å². The van der Waals surface area contributed by atoms with E-state index >= 15 is 0 Å². The van der Waals surface area contributed by atoms with Gasteiger partial charge in [0.2, 0.25) is 6.10 Å². The molecule has 1 aliphatic heterocycles. The van der Waals surface area contributed by atoms with Gasteiger partial charge >= 0.3 is 0 Å². The number of carbonyl (C=O) groups excluding carboxylic acids is 1. The molecule has 2 aromatic rings. The summed E-state index contributed by atoms with van der Waals surface area (Å²) in [4.78, 5) is 12.0. The predicted octanol–water partition coefficient (Wildman–Crippen LogP) is 1.39. The first kappa shape index (κ1) is 14.7. The zero-order valence-electron chi connectivity index (χ0n) is 12.0. The van der Waals surface area contributed by atoms with Gasteiger partial charge < -0.3 is 19.7 Å². The van der Waals surface area contributed by atoms with Gasteiger partial charge in [0, 0.05) is 5.56 Å². The molecule has 1 aliphatic rings. The monoisotopic (exact) mass is 314 g/mol. The summed E-state index contributed by atoms with van der Waals surface area (Å²) in [6.45, 7) is 0.0791. The van der Waals surface area contributed by atoms with E-state index in [1.807, 2.05) is 6.07 Å². The molecule has 0 radical (unpaired) electrons. The van der Waals surface area contributed by atoms with Crippen molar-refractivity contribution in [2.45, 2.75) is 6.10 Å². The fourth-order valence-corrected chi connectivity index (χ4v) is 2.03. The van der Waals surface area contributed by atoms with Crippen molar-refractivity contribution < 1.29 is 24.5 Å². The Kier molecular flexibility index (Phi) is 4.01. The molecule has 1 amide bonds. The Bertz CT molecular complexity index is 760. The molecule has 0 saturated heterocycles. The number of hydrazone groups is 1. The van der Waals surface area contributed by atoms with Crippen LogP contribution in [0.2, 0.25) is 0 Å². The normalized spacial score (nSPS) is 16.3. The minimum Gasteiger partial charge on any atom is -0.508 e. The number of nitrogens with one attached hydrogen (secondary N) is 1. The lowest BCUT2D eigenvalue weighted by Crippen LogP contribution is -2.42. The Morgan fingerprint density at radius 1 is 1.22 bits per heavy atom. The highest BCUT2D eigenvalue weighted by Gasteiger charge is 2.26. The molecule has 2 aromatic carbocycles. The van der Waals surface area contributed by atoms with Gasteiger partial charge in [-0.25, -0.2) is 5.43 Å². The molecular formula is C16H14N2O5. The number of aromatic hydroxyl groups is 2. The first-order chi connectivity index (χ1) is 11.1. The molecule has 0 fully saturated rings. The van der Waals surface area contributed by atoms with Crippen LogP contribution in [-0.2, 0) is 4.79 Å². The molecule has 118 valence electrons. The van der Waals surface area contributed by atoms with Gasteiger partial charge in [-0.05, 0) is 30.3 Å². The summed E-state index contributed by atoms with van der Waals surface area (Å²) < 4.78 is 11.0. The molecule has 1 heterocycles. The average molecular weight is 314 g/mol. The van der Waals surface area contributed by atoms with E-state index in [4.69, 9.17) is 9.47 Å². The van der Waals surface area contributed by atoms with E-state index in [2.05, 4.69) is 10.5 Å². The highest BCUT2D eigenvalue weighted by molar-refractivity contribution is 5.87. The van der Waals surface area contributed by atoms with Gasteiger partial charge in [0.05, 0.1) is 6.21 Å². The zero-order chi connectivity index (χ0) is 16.2. The van der Waals surface area contributed by atoms with Crippen molar-refractivity contribution in [1.82, 2.24) is 5.43 Å². The number of phenols is 2. The number of ether oxygens (including phenoxy) is 2. The summed E-state index contributed by atoms with van der Waals surface area (Å²) >= 11 is 0. The number of benzene rings is 2. The first-order valence-electron chi connectivity index (χ1n) is 6.87. The third-order valence-electron chi connectivity index (χ3n) is 3.19. The minimum absolute atomic E-state index is 0.0174. The summed E-state index contributed by atoms with van der Waals surface area (Å²) in [6.07, 6.45) is 0.407. The van der Waals surface area contributed by atoms with Crippen molar-refractivity contribution in [2.24, 2.45) is 5.10 Å². The van der Waals surface area contributed by atoms with E-state index in [1.54, 1.807) is 18.2 Å². The fourth-order valence-electron chi connectivity index (χ4n) is 2.03. The molecule has 0 saturated carbocycles. The SMILES string of the molecule is O=C(N/N=C\c1cc(O)ccc1O)C1COc2ccccc2O1. The zero-order valence-corrected chi connectivity index (χ0v) is 12.0. The number of para-hydroxylation sites is 2. The van der Waals surface area contributed by atoms with Crippen molar-refractivity contribution in [1.29, 1.82) is 0 Å². The Labute approximate surface area is 131 Å². The second-order valence-electron chi connectivity index (χ2n) is 4.84. The van der Waals surface area contributed by atoms with Crippen molar-refractivity contribution in [3.8, 4) is 23.0 Å². The Morgan fingerprint density at radius 2 is 2.00 bits per heavy atom. The number of phenolic OH excluding ortho intramolecular Hbond substituents is 2. The number of fused-ring (bicyclic) bond motifs is 1. The molecule has 0 spiro atoms. The number of hydrogen-bond acceptors (Lipinski definition) is 6. The molecule has 7 nitrogen and oxygen atoms in total. The van der Waals surface area contributed by atoms with Crippen LogP contribution < -0.4 is 14.9 Å². The van der Waals surface area contributed by atoms with E-state index < -0.39 is 12.0 Å². The topological polar surface area (TPSA) is 100 Å². The van der Waals surface area contributed by atoms with Gasteiger partial charge in [-0.2, -0.15) is 5.10 Å². The molecule has 3 rings (SSSR count). The predicted molar refractivity (Wildman–Crippen MR) is 81.9 cm³/mol.